The van der Waals surface area contributed by atoms with E-state index < -0.39 is 0 Å². The average Bonchev–Trinajstić information content (AvgIpc) is 3.11. The highest BCUT2D eigenvalue weighted by Gasteiger charge is 2.15. The molecule has 1 aliphatic heterocycles. The van der Waals surface area contributed by atoms with E-state index in [0.29, 0.717) is 5.78 Å². The third kappa shape index (κ3) is 1.65. The first-order valence-electron chi connectivity index (χ1n) is 6.27. The van der Waals surface area contributed by atoms with Crippen molar-refractivity contribution in [3.63, 3.8) is 0 Å². The van der Waals surface area contributed by atoms with Crippen molar-refractivity contribution in [2.75, 3.05) is 19.2 Å². The SMILES string of the molecule is CNc1ccn2cc(-c3ccc4c(c3)OCO4)nc2n1. The molecule has 0 radical (unpaired) electrons. The molecule has 1 N–H and O–H groups in total. The molecule has 0 amide bonds. The molecular formula is C14H12N4O2. The summed E-state index contributed by atoms with van der Waals surface area (Å²) >= 11 is 0. The Labute approximate surface area is 115 Å². The van der Waals surface area contributed by atoms with Crippen molar-refractivity contribution in [3.8, 4) is 22.8 Å². The lowest BCUT2D eigenvalue weighted by Crippen LogP contribution is -1.94. The van der Waals surface area contributed by atoms with Crippen molar-refractivity contribution in [1.29, 1.82) is 0 Å². The van der Waals surface area contributed by atoms with Gasteiger partial charge in [0.1, 0.15) is 5.82 Å². The zero-order valence-corrected chi connectivity index (χ0v) is 10.8. The van der Waals surface area contributed by atoms with Crippen LogP contribution in [0, 0.1) is 0 Å². The van der Waals surface area contributed by atoms with Gasteiger partial charge < -0.3 is 14.8 Å². The van der Waals surface area contributed by atoms with Crippen LogP contribution in [0.15, 0.2) is 36.7 Å². The van der Waals surface area contributed by atoms with E-state index in [0.717, 1.165) is 28.6 Å². The number of aromatic nitrogens is 3. The summed E-state index contributed by atoms with van der Waals surface area (Å²) in [6.07, 6.45) is 3.87. The van der Waals surface area contributed by atoms with Gasteiger partial charge in [0.2, 0.25) is 12.6 Å². The van der Waals surface area contributed by atoms with Crippen molar-refractivity contribution in [3.05, 3.63) is 36.7 Å². The van der Waals surface area contributed by atoms with Crippen LogP contribution in [0.1, 0.15) is 0 Å². The summed E-state index contributed by atoms with van der Waals surface area (Å²) < 4.78 is 12.6. The lowest BCUT2D eigenvalue weighted by Gasteiger charge is -1.98. The van der Waals surface area contributed by atoms with Gasteiger partial charge in [-0.25, -0.2) is 4.98 Å². The summed E-state index contributed by atoms with van der Waals surface area (Å²) in [7, 11) is 1.83. The van der Waals surface area contributed by atoms with Gasteiger partial charge in [0, 0.05) is 25.0 Å². The fourth-order valence-corrected chi connectivity index (χ4v) is 2.21. The molecule has 1 aliphatic rings. The molecule has 0 unspecified atom stereocenters. The van der Waals surface area contributed by atoms with Crippen molar-refractivity contribution >= 4 is 11.6 Å². The standard InChI is InChI=1S/C14H12N4O2/c1-15-13-4-5-18-7-10(16-14(18)17-13)9-2-3-11-12(6-9)20-8-19-11/h2-7H,8H2,1H3,(H,15,16,17). The second kappa shape index (κ2) is 4.12. The van der Waals surface area contributed by atoms with Crippen molar-refractivity contribution in [2.24, 2.45) is 0 Å². The van der Waals surface area contributed by atoms with Crippen LogP contribution in [0.4, 0.5) is 5.82 Å². The van der Waals surface area contributed by atoms with E-state index in [2.05, 4.69) is 15.3 Å². The van der Waals surface area contributed by atoms with Gasteiger partial charge >= 0.3 is 0 Å². The predicted octanol–water partition coefficient (Wildman–Crippen LogP) is 2.17. The summed E-state index contributed by atoms with van der Waals surface area (Å²) in [5, 5.41) is 3.00. The Balaban J connectivity index is 1.81. The molecule has 4 rings (SSSR count). The molecule has 1 aromatic carbocycles. The Morgan fingerprint density at radius 3 is 2.95 bits per heavy atom. The van der Waals surface area contributed by atoms with Crippen LogP contribution in [0.3, 0.4) is 0 Å². The van der Waals surface area contributed by atoms with Gasteiger partial charge in [-0.05, 0) is 24.3 Å². The molecule has 100 valence electrons. The van der Waals surface area contributed by atoms with Crippen LogP contribution in [-0.4, -0.2) is 28.2 Å². The molecule has 2 aromatic heterocycles. The van der Waals surface area contributed by atoms with E-state index in [1.165, 1.54) is 0 Å². The quantitative estimate of drug-likeness (QED) is 0.771. The molecule has 6 heteroatoms. The lowest BCUT2D eigenvalue weighted by molar-refractivity contribution is 0.174. The topological polar surface area (TPSA) is 60.7 Å². The van der Waals surface area contributed by atoms with Crippen LogP contribution < -0.4 is 14.8 Å². The highest BCUT2D eigenvalue weighted by molar-refractivity contribution is 5.66. The smallest absolute Gasteiger partial charge is 0.236 e. The maximum Gasteiger partial charge on any atom is 0.236 e. The zero-order chi connectivity index (χ0) is 13.5. The molecule has 0 bridgehead atoms. The number of anilines is 1. The number of nitrogens with one attached hydrogen (secondary N) is 1. The van der Waals surface area contributed by atoms with Gasteiger partial charge in [0.15, 0.2) is 11.5 Å². The Hall–Kier alpha value is -2.76. The second-order valence-electron chi connectivity index (χ2n) is 4.46. The van der Waals surface area contributed by atoms with E-state index in [4.69, 9.17) is 9.47 Å². The maximum atomic E-state index is 5.39. The van der Waals surface area contributed by atoms with Gasteiger partial charge in [0.05, 0.1) is 5.69 Å². The second-order valence-corrected chi connectivity index (χ2v) is 4.46. The van der Waals surface area contributed by atoms with Gasteiger partial charge in [-0.15, -0.1) is 0 Å². The molecule has 3 aromatic rings. The summed E-state index contributed by atoms with van der Waals surface area (Å²) in [5.41, 5.74) is 1.83. The third-order valence-corrected chi connectivity index (χ3v) is 3.25. The van der Waals surface area contributed by atoms with Gasteiger partial charge in [0.25, 0.3) is 0 Å². The van der Waals surface area contributed by atoms with Crippen molar-refractivity contribution in [1.82, 2.24) is 14.4 Å². The predicted molar refractivity (Wildman–Crippen MR) is 74.1 cm³/mol. The van der Waals surface area contributed by atoms with E-state index in [1.54, 1.807) is 0 Å². The normalized spacial score (nSPS) is 12.8. The van der Waals surface area contributed by atoms with Crippen LogP contribution in [-0.2, 0) is 0 Å². The Morgan fingerprint density at radius 2 is 2.05 bits per heavy atom. The molecule has 0 atom stereocenters. The molecule has 20 heavy (non-hydrogen) atoms. The van der Waals surface area contributed by atoms with Crippen LogP contribution >= 0.6 is 0 Å². The van der Waals surface area contributed by atoms with Crippen LogP contribution in [0.5, 0.6) is 11.5 Å². The Kier molecular flexibility index (Phi) is 2.29. The van der Waals surface area contributed by atoms with E-state index in [1.807, 2.05) is 48.1 Å². The fraction of sp³-hybridized carbons (Fsp3) is 0.143. The molecule has 6 nitrogen and oxygen atoms in total. The number of hydrogen-bond donors (Lipinski definition) is 1. The molecule has 0 saturated carbocycles. The number of imidazole rings is 1. The molecule has 0 spiro atoms. The van der Waals surface area contributed by atoms with Crippen LogP contribution in [0.2, 0.25) is 0 Å². The molecule has 0 aliphatic carbocycles. The van der Waals surface area contributed by atoms with E-state index >= 15 is 0 Å². The first-order valence-corrected chi connectivity index (χ1v) is 6.27. The fourth-order valence-electron chi connectivity index (χ4n) is 2.21. The number of hydrogen-bond acceptors (Lipinski definition) is 5. The maximum absolute atomic E-state index is 5.39. The summed E-state index contributed by atoms with van der Waals surface area (Å²) in [5.74, 6) is 2.97. The Morgan fingerprint density at radius 1 is 1.15 bits per heavy atom. The molecule has 0 fully saturated rings. The first kappa shape index (κ1) is 11.1. The largest absolute Gasteiger partial charge is 0.454 e. The average molecular weight is 268 g/mol. The first-order chi connectivity index (χ1) is 9.83. The van der Waals surface area contributed by atoms with Gasteiger partial charge in [-0.2, -0.15) is 4.98 Å². The minimum absolute atomic E-state index is 0.275. The van der Waals surface area contributed by atoms with Gasteiger partial charge in [-0.3, -0.25) is 4.40 Å². The third-order valence-electron chi connectivity index (χ3n) is 3.25. The number of nitrogens with zero attached hydrogens (tertiary/aromatic N) is 3. The number of ether oxygens (including phenoxy) is 2. The number of benzene rings is 1. The molecular weight excluding hydrogens is 256 g/mol. The highest BCUT2D eigenvalue weighted by Crippen LogP contribution is 2.35. The highest BCUT2D eigenvalue weighted by atomic mass is 16.7. The van der Waals surface area contributed by atoms with Crippen molar-refractivity contribution in [2.45, 2.75) is 0 Å². The minimum atomic E-state index is 0.275. The summed E-state index contributed by atoms with van der Waals surface area (Å²) in [6.45, 7) is 0.275. The van der Waals surface area contributed by atoms with Crippen LogP contribution in [0.25, 0.3) is 17.0 Å². The minimum Gasteiger partial charge on any atom is -0.454 e. The monoisotopic (exact) mass is 268 g/mol. The number of fused-ring (bicyclic) bond motifs is 2. The molecule has 3 heterocycles. The lowest BCUT2D eigenvalue weighted by atomic mass is 10.1. The van der Waals surface area contributed by atoms with E-state index in [-0.39, 0.29) is 6.79 Å². The van der Waals surface area contributed by atoms with Crippen molar-refractivity contribution < 1.29 is 9.47 Å². The summed E-state index contributed by atoms with van der Waals surface area (Å²) in [6, 6.07) is 7.70. The van der Waals surface area contributed by atoms with Gasteiger partial charge in [-0.1, -0.05) is 0 Å². The number of rotatable bonds is 2. The Bertz CT molecular complexity index is 797. The van der Waals surface area contributed by atoms with E-state index in [9.17, 15) is 0 Å². The zero-order valence-electron chi connectivity index (χ0n) is 10.8. The summed E-state index contributed by atoms with van der Waals surface area (Å²) in [4.78, 5) is 8.93. The molecule has 0 saturated heterocycles.